The number of carbonyl (C=O) groups is 1. The van der Waals surface area contributed by atoms with E-state index in [1.165, 1.54) is 17.1 Å². The fourth-order valence-electron chi connectivity index (χ4n) is 1.81. The summed E-state index contributed by atoms with van der Waals surface area (Å²) in [6.07, 6.45) is 0. The average molecular weight is 291 g/mol. The smallest absolute Gasteiger partial charge is 0.344 e. The van der Waals surface area contributed by atoms with Crippen LogP contribution in [0.1, 0.15) is 28.4 Å². The van der Waals surface area contributed by atoms with Gasteiger partial charge in [0.2, 0.25) is 0 Å². The Morgan fingerprint density at radius 2 is 2.20 bits per heavy atom. The molecule has 2 rings (SSSR count). The van der Waals surface area contributed by atoms with Crippen molar-refractivity contribution in [2.24, 2.45) is 0 Å². The third-order valence-electron chi connectivity index (χ3n) is 2.90. The van der Waals surface area contributed by atoms with Crippen molar-refractivity contribution in [2.75, 3.05) is 17.7 Å². The van der Waals surface area contributed by atoms with E-state index in [4.69, 9.17) is 10.5 Å². The highest BCUT2D eigenvalue weighted by molar-refractivity contribution is 7.11. The van der Waals surface area contributed by atoms with E-state index in [2.05, 4.69) is 9.69 Å². The van der Waals surface area contributed by atoms with Crippen LogP contribution < -0.4 is 11.1 Å². The molecule has 0 fully saturated rings. The van der Waals surface area contributed by atoms with E-state index in [0.29, 0.717) is 23.7 Å². The number of hydrogen-bond acceptors (Lipinski definition) is 6. The van der Waals surface area contributed by atoms with Crippen LogP contribution in [-0.4, -0.2) is 16.9 Å². The fourth-order valence-corrected chi connectivity index (χ4v) is 2.50. The first-order valence-electron chi connectivity index (χ1n) is 6.34. The molecule has 0 aliphatic rings. The highest BCUT2D eigenvalue weighted by Gasteiger charge is 2.20. The normalized spacial score (nSPS) is 10.3. The Hall–Kier alpha value is -2.08. The Bertz CT molecular complexity index is 610. The third-order valence-corrected chi connectivity index (χ3v) is 3.72. The van der Waals surface area contributed by atoms with E-state index in [-0.39, 0.29) is 5.82 Å². The molecule has 0 atom stereocenters. The van der Waals surface area contributed by atoms with Crippen molar-refractivity contribution in [3.63, 3.8) is 0 Å². The minimum Gasteiger partial charge on any atom is -0.462 e. The highest BCUT2D eigenvalue weighted by Crippen LogP contribution is 2.28. The maximum absolute atomic E-state index is 11.9. The lowest BCUT2D eigenvalue weighted by Crippen LogP contribution is -2.10. The van der Waals surface area contributed by atoms with E-state index in [1.807, 2.05) is 31.2 Å². The molecular formula is C14H17N3O2S. The number of rotatable bonds is 5. The summed E-state index contributed by atoms with van der Waals surface area (Å²) in [5.74, 6) is -0.230. The molecule has 3 N–H and O–H groups in total. The van der Waals surface area contributed by atoms with Gasteiger partial charge in [0.05, 0.1) is 6.61 Å². The number of aromatic nitrogens is 1. The van der Waals surface area contributed by atoms with Crippen LogP contribution in [0.25, 0.3) is 0 Å². The van der Waals surface area contributed by atoms with Crippen molar-refractivity contribution in [1.29, 1.82) is 0 Å². The molecule has 20 heavy (non-hydrogen) atoms. The Morgan fingerprint density at radius 3 is 2.90 bits per heavy atom. The lowest BCUT2D eigenvalue weighted by Gasteiger charge is -2.08. The number of aryl methyl sites for hydroxylation is 1. The number of nitrogen functional groups attached to an aromatic ring is 1. The largest absolute Gasteiger partial charge is 0.462 e. The van der Waals surface area contributed by atoms with Crippen LogP contribution in [0, 0.1) is 6.92 Å². The van der Waals surface area contributed by atoms with Gasteiger partial charge >= 0.3 is 5.97 Å². The molecule has 0 spiro atoms. The first kappa shape index (κ1) is 14.3. The molecule has 1 aromatic carbocycles. The van der Waals surface area contributed by atoms with E-state index in [9.17, 15) is 4.79 Å². The van der Waals surface area contributed by atoms with Gasteiger partial charge in [0, 0.05) is 6.54 Å². The minimum absolute atomic E-state index is 0.209. The van der Waals surface area contributed by atoms with Crippen LogP contribution in [0.4, 0.5) is 10.8 Å². The van der Waals surface area contributed by atoms with Gasteiger partial charge in [-0.05, 0) is 36.5 Å². The summed E-state index contributed by atoms with van der Waals surface area (Å²) in [4.78, 5) is 11.9. The topological polar surface area (TPSA) is 77.2 Å². The number of benzene rings is 1. The third kappa shape index (κ3) is 3.08. The Morgan fingerprint density at radius 1 is 1.45 bits per heavy atom. The van der Waals surface area contributed by atoms with E-state index in [1.54, 1.807) is 6.92 Å². The zero-order valence-electron chi connectivity index (χ0n) is 11.5. The molecule has 0 aliphatic heterocycles. The number of ether oxygens (including phenoxy) is 1. The average Bonchev–Trinajstić information content (AvgIpc) is 2.79. The van der Waals surface area contributed by atoms with Crippen molar-refractivity contribution in [3.8, 4) is 0 Å². The van der Waals surface area contributed by atoms with Gasteiger partial charge < -0.3 is 15.8 Å². The van der Waals surface area contributed by atoms with Crippen LogP contribution in [0.15, 0.2) is 24.3 Å². The Kier molecular flexibility index (Phi) is 4.57. The standard InChI is InChI=1S/C14H17N3O2S/c1-3-19-14(18)11-12(15)17-20-13(11)16-8-10-7-5-4-6-9(10)2/h4-7,16H,3,8H2,1-2H3,(H2,15,17). The van der Waals surface area contributed by atoms with Gasteiger partial charge in [0.1, 0.15) is 10.6 Å². The van der Waals surface area contributed by atoms with Crippen LogP contribution in [0.2, 0.25) is 0 Å². The quantitative estimate of drug-likeness (QED) is 0.828. The zero-order valence-corrected chi connectivity index (χ0v) is 12.3. The van der Waals surface area contributed by atoms with Gasteiger partial charge in [-0.25, -0.2) is 4.79 Å². The second kappa shape index (κ2) is 6.38. The molecular weight excluding hydrogens is 274 g/mol. The van der Waals surface area contributed by atoms with Gasteiger partial charge in [-0.1, -0.05) is 24.3 Å². The number of esters is 1. The Labute approximate surface area is 121 Å². The number of hydrogen-bond donors (Lipinski definition) is 2. The summed E-state index contributed by atoms with van der Waals surface area (Å²) in [6.45, 7) is 4.73. The number of nitrogens with one attached hydrogen (secondary N) is 1. The lowest BCUT2D eigenvalue weighted by molar-refractivity contribution is 0.0529. The van der Waals surface area contributed by atoms with Crippen molar-refractivity contribution in [2.45, 2.75) is 20.4 Å². The van der Waals surface area contributed by atoms with Gasteiger partial charge in [-0.15, -0.1) is 0 Å². The second-order valence-corrected chi connectivity index (χ2v) is 5.05. The molecule has 0 radical (unpaired) electrons. The van der Waals surface area contributed by atoms with Crippen LogP contribution in [-0.2, 0) is 11.3 Å². The molecule has 2 aromatic rings. The maximum Gasteiger partial charge on any atom is 0.344 e. The molecule has 5 nitrogen and oxygen atoms in total. The number of nitrogens with zero attached hydrogens (tertiary/aromatic N) is 1. The van der Waals surface area contributed by atoms with Crippen LogP contribution in [0.5, 0.6) is 0 Å². The molecule has 1 heterocycles. The van der Waals surface area contributed by atoms with Gasteiger partial charge in [0.25, 0.3) is 0 Å². The molecule has 0 saturated carbocycles. The van der Waals surface area contributed by atoms with Crippen molar-refractivity contribution in [3.05, 3.63) is 41.0 Å². The molecule has 1 aromatic heterocycles. The van der Waals surface area contributed by atoms with Crippen molar-refractivity contribution >= 4 is 28.3 Å². The van der Waals surface area contributed by atoms with E-state index < -0.39 is 5.97 Å². The molecule has 106 valence electrons. The zero-order chi connectivity index (χ0) is 14.5. The van der Waals surface area contributed by atoms with Crippen molar-refractivity contribution < 1.29 is 9.53 Å². The number of anilines is 2. The van der Waals surface area contributed by atoms with Gasteiger partial charge in [-0.2, -0.15) is 4.37 Å². The van der Waals surface area contributed by atoms with E-state index >= 15 is 0 Å². The summed E-state index contributed by atoms with van der Waals surface area (Å²) in [7, 11) is 0. The predicted octanol–water partition coefficient (Wildman–Crippen LogP) is 2.82. The fraction of sp³-hybridized carbons (Fsp3) is 0.286. The molecule has 0 amide bonds. The SMILES string of the molecule is CCOC(=O)c1c(N)nsc1NCc1ccccc1C. The minimum atomic E-state index is -0.439. The maximum atomic E-state index is 11.9. The highest BCUT2D eigenvalue weighted by atomic mass is 32.1. The molecule has 6 heteroatoms. The molecule has 0 bridgehead atoms. The first-order valence-corrected chi connectivity index (χ1v) is 7.11. The van der Waals surface area contributed by atoms with Gasteiger partial charge in [0.15, 0.2) is 5.82 Å². The Balaban J connectivity index is 2.14. The molecule has 0 aliphatic carbocycles. The summed E-state index contributed by atoms with van der Waals surface area (Å²) >= 11 is 1.17. The monoisotopic (exact) mass is 291 g/mol. The second-order valence-electron chi connectivity index (χ2n) is 4.27. The number of nitrogens with two attached hydrogens (primary N) is 1. The summed E-state index contributed by atoms with van der Waals surface area (Å²) in [6, 6.07) is 8.06. The van der Waals surface area contributed by atoms with Crippen LogP contribution >= 0.6 is 11.5 Å². The summed E-state index contributed by atoms with van der Waals surface area (Å²) in [5.41, 5.74) is 8.41. The summed E-state index contributed by atoms with van der Waals surface area (Å²) < 4.78 is 9.00. The first-order chi connectivity index (χ1) is 9.63. The lowest BCUT2D eigenvalue weighted by atomic mass is 10.1. The number of carbonyl (C=O) groups excluding carboxylic acids is 1. The molecule has 0 unspecified atom stereocenters. The predicted molar refractivity (Wildman–Crippen MR) is 81.0 cm³/mol. The molecule has 0 saturated heterocycles. The van der Waals surface area contributed by atoms with Crippen molar-refractivity contribution in [1.82, 2.24) is 4.37 Å². The summed E-state index contributed by atoms with van der Waals surface area (Å²) in [5, 5.41) is 3.85. The van der Waals surface area contributed by atoms with Crippen LogP contribution in [0.3, 0.4) is 0 Å². The van der Waals surface area contributed by atoms with Gasteiger partial charge in [-0.3, -0.25) is 0 Å². The van der Waals surface area contributed by atoms with E-state index in [0.717, 1.165) is 5.56 Å².